The maximum absolute atomic E-state index is 4.37. The Kier molecular flexibility index (Phi) is 1.93. The smallest absolute Gasteiger partial charge is 0.0339 e. The molecule has 0 N–H and O–H groups in total. The molecule has 1 aliphatic rings. The van der Waals surface area contributed by atoms with Crippen LogP contribution < -0.4 is 0 Å². The molecule has 1 heterocycles. The first-order valence-electron chi connectivity index (χ1n) is 3.85. The molecule has 0 fully saturated rings. The summed E-state index contributed by atoms with van der Waals surface area (Å²) in [6.07, 6.45) is 2.25. The number of hydrogen-bond acceptors (Lipinski definition) is 1. The number of allylic oxidation sites excluding steroid dienone is 2. The molecule has 0 bridgehead atoms. The molecule has 56 valence electrons. The van der Waals surface area contributed by atoms with Crippen molar-refractivity contribution in [3.05, 3.63) is 11.8 Å². The van der Waals surface area contributed by atoms with Gasteiger partial charge in [0, 0.05) is 17.3 Å². The van der Waals surface area contributed by atoms with E-state index in [1.54, 1.807) is 0 Å². The molecule has 0 radical (unpaired) electrons. The summed E-state index contributed by atoms with van der Waals surface area (Å²) in [5.74, 6) is 1.29. The van der Waals surface area contributed by atoms with Crippen molar-refractivity contribution in [3.8, 4) is 0 Å². The monoisotopic (exact) mass is 137 g/mol. The molecule has 0 aromatic rings. The molecule has 0 aliphatic carbocycles. The molecule has 1 atom stereocenters. The lowest BCUT2D eigenvalue weighted by atomic mass is 9.93. The van der Waals surface area contributed by atoms with Crippen LogP contribution in [0.4, 0.5) is 0 Å². The molecular weight excluding hydrogens is 122 g/mol. The van der Waals surface area contributed by atoms with Gasteiger partial charge in [-0.25, -0.2) is 0 Å². The SMILES string of the molecule is CC1=CC(C(C)C)C(C)=N1. The number of hydrogen-bond donors (Lipinski definition) is 0. The number of aliphatic imine (C=N–C) groups is 1. The molecule has 1 rings (SSSR count). The van der Waals surface area contributed by atoms with Crippen LogP contribution in [0.3, 0.4) is 0 Å². The normalized spacial score (nSPS) is 25.1. The van der Waals surface area contributed by atoms with Crippen molar-refractivity contribution in [3.63, 3.8) is 0 Å². The molecule has 1 nitrogen and oxygen atoms in total. The minimum Gasteiger partial charge on any atom is -0.263 e. The van der Waals surface area contributed by atoms with Crippen molar-refractivity contribution in [1.82, 2.24) is 0 Å². The molecule has 0 aromatic carbocycles. The zero-order valence-corrected chi connectivity index (χ0v) is 7.18. The minimum absolute atomic E-state index is 0.597. The Morgan fingerprint density at radius 3 is 2.20 bits per heavy atom. The van der Waals surface area contributed by atoms with E-state index >= 15 is 0 Å². The summed E-state index contributed by atoms with van der Waals surface area (Å²) < 4.78 is 0. The molecular formula is C9H15N. The second-order valence-corrected chi connectivity index (χ2v) is 3.33. The lowest BCUT2D eigenvalue weighted by Crippen LogP contribution is -2.11. The van der Waals surface area contributed by atoms with Crippen LogP contribution in [-0.2, 0) is 0 Å². The van der Waals surface area contributed by atoms with Crippen molar-refractivity contribution in [1.29, 1.82) is 0 Å². The summed E-state index contributed by atoms with van der Waals surface area (Å²) in [5.41, 5.74) is 2.45. The molecule has 0 saturated carbocycles. The van der Waals surface area contributed by atoms with Crippen LogP contribution in [0.25, 0.3) is 0 Å². The maximum Gasteiger partial charge on any atom is 0.0339 e. The van der Waals surface area contributed by atoms with Crippen LogP contribution in [0.1, 0.15) is 27.7 Å². The highest BCUT2D eigenvalue weighted by Gasteiger charge is 2.18. The Hall–Kier alpha value is -0.590. The first kappa shape index (κ1) is 7.52. The number of nitrogens with zero attached hydrogens (tertiary/aromatic N) is 1. The zero-order chi connectivity index (χ0) is 7.72. The average molecular weight is 137 g/mol. The summed E-state index contributed by atoms with van der Waals surface area (Å²) in [7, 11) is 0. The van der Waals surface area contributed by atoms with E-state index in [2.05, 4.69) is 38.8 Å². The highest BCUT2D eigenvalue weighted by Crippen LogP contribution is 2.22. The van der Waals surface area contributed by atoms with Gasteiger partial charge in [-0.3, -0.25) is 4.99 Å². The molecule has 1 heteroatoms. The molecule has 10 heavy (non-hydrogen) atoms. The van der Waals surface area contributed by atoms with Gasteiger partial charge in [0.2, 0.25) is 0 Å². The molecule has 0 spiro atoms. The van der Waals surface area contributed by atoms with E-state index in [1.165, 1.54) is 11.4 Å². The molecule has 0 saturated heterocycles. The number of rotatable bonds is 1. The van der Waals surface area contributed by atoms with Crippen molar-refractivity contribution in [2.24, 2.45) is 16.8 Å². The van der Waals surface area contributed by atoms with Crippen LogP contribution in [0, 0.1) is 11.8 Å². The van der Waals surface area contributed by atoms with Gasteiger partial charge in [0.15, 0.2) is 0 Å². The van der Waals surface area contributed by atoms with E-state index in [0.29, 0.717) is 11.8 Å². The van der Waals surface area contributed by atoms with Crippen molar-refractivity contribution in [2.45, 2.75) is 27.7 Å². The van der Waals surface area contributed by atoms with Gasteiger partial charge in [-0.2, -0.15) is 0 Å². The predicted octanol–water partition coefficient (Wildman–Crippen LogP) is 2.64. The second-order valence-electron chi connectivity index (χ2n) is 3.33. The Morgan fingerprint density at radius 1 is 1.40 bits per heavy atom. The highest BCUT2D eigenvalue weighted by molar-refractivity contribution is 5.89. The summed E-state index contributed by atoms with van der Waals surface area (Å²) in [4.78, 5) is 4.37. The van der Waals surface area contributed by atoms with Crippen LogP contribution in [-0.4, -0.2) is 5.71 Å². The van der Waals surface area contributed by atoms with Gasteiger partial charge in [-0.15, -0.1) is 0 Å². The van der Waals surface area contributed by atoms with Gasteiger partial charge in [-0.05, 0) is 19.8 Å². The summed E-state index contributed by atoms with van der Waals surface area (Å²) in [6, 6.07) is 0. The first-order chi connectivity index (χ1) is 4.61. The standard InChI is InChI=1S/C9H15N/c1-6(2)9-5-7(3)10-8(9)4/h5-6,9H,1-4H3. The largest absolute Gasteiger partial charge is 0.263 e. The maximum atomic E-state index is 4.37. The first-order valence-corrected chi connectivity index (χ1v) is 3.85. The van der Waals surface area contributed by atoms with E-state index in [9.17, 15) is 0 Å². The molecule has 0 aromatic heterocycles. The van der Waals surface area contributed by atoms with E-state index in [1.807, 2.05) is 0 Å². The fraction of sp³-hybridized carbons (Fsp3) is 0.667. The van der Waals surface area contributed by atoms with Gasteiger partial charge in [-0.1, -0.05) is 19.9 Å². The van der Waals surface area contributed by atoms with Crippen molar-refractivity contribution in [2.75, 3.05) is 0 Å². The molecule has 1 aliphatic heterocycles. The third kappa shape index (κ3) is 1.28. The lowest BCUT2D eigenvalue weighted by molar-refractivity contribution is 0.580. The van der Waals surface area contributed by atoms with Crippen LogP contribution in [0.5, 0.6) is 0 Å². The highest BCUT2D eigenvalue weighted by atomic mass is 14.8. The van der Waals surface area contributed by atoms with Crippen LogP contribution in [0.2, 0.25) is 0 Å². The van der Waals surface area contributed by atoms with Gasteiger partial charge >= 0.3 is 0 Å². The molecule has 0 amide bonds. The average Bonchev–Trinajstić information content (AvgIpc) is 2.10. The van der Waals surface area contributed by atoms with Gasteiger partial charge in [0.1, 0.15) is 0 Å². The predicted molar refractivity (Wildman–Crippen MR) is 45.2 cm³/mol. The topological polar surface area (TPSA) is 12.4 Å². The van der Waals surface area contributed by atoms with E-state index in [4.69, 9.17) is 0 Å². The second kappa shape index (κ2) is 2.57. The van der Waals surface area contributed by atoms with Crippen molar-refractivity contribution >= 4 is 5.71 Å². The lowest BCUT2D eigenvalue weighted by Gasteiger charge is -2.11. The third-order valence-corrected chi connectivity index (χ3v) is 1.97. The van der Waals surface area contributed by atoms with E-state index in [0.717, 1.165) is 0 Å². The van der Waals surface area contributed by atoms with Gasteiger partial charge in [0.05, 0.1) is 0 Å². The Balaban J connectivity index is 2.75. The quantitative estimate of drug-likeness (QED) is 0.527. The van der Waals surface area contributed by atoms with E-state index < -0.39 is 0 Å². The van der Waals surface area contributed by atoms with E-state index in [-0.39, 0.29) is 0 Å². The van der Waals surface area contributed by atoms with Gasteiger partial charge < -0.3 is 0 Å². The molecule has 1 unspecified atom stereocenters. The Bertz CT molecular complexity index is 187. The van der Waals surface area contributed by atoms with Crippen LogP contribution in [0.15, 0.2) is 16.8 Å². The van der Waals surface area contributed by atoms with Crippen molar-refractivity contribution < 1.29 is 0 Å². The van der Waals surface area contributed by atoms with Crippen LogP contribution >= 0.6 is 0 Å². The Labute approximate surface area is 62.9 Å². The Morgan fingerprint density at radius 2 is 2.00 bits per heavy atom. The fourth-order valence-corrected chi connectivity index (χ4v) is 1.45. The summed E-state index contributed by atoms with van der Waals surface area (Å²) >= 11 is 0. The fourth-order valence-electron chi connectivity index (χ4n) is 1.45. The van der Waals surface area contributed by atoms with Gasteiger partial charge in [0.25, 0.3) is 0 Å². The third-order valence-electron chi connectivity index (χ3n) is 1.97. The zero-order valence-electron chi connectivity index (χ0n) is 7.18. The minimum atomic E-state index is 0.597. The summed E-state index contributed by atoms with van der Waals surface area (Å²) in [5, 5.41) is 0. The summed E-state index contributed by atoms with van der Waals surface area (Å²) in [6.45, 7) is 8.64.